The van der Waals surface area contributed by atoms with Crippen LogP contribution in [0.4, 0.5) is 0 Å². The Morgan fingerprint density at radius 2 is 2.00 bits per heavy atom. The highest BCUT2D eigenvalue weighted by Crippen LogP contribution is 2.22. The van der Waals surface area contributed by atoms with Crippen molar-refractivity contribution in [3.05, 3.63) is 52.3 Å². The Morgan fingerprint density at radius 1 is 1.26 bits per heavy atom. The van der Waals surface area contributed by atoms with E-state index in [1.54, 1.807) is 12.1 Å². The Bertz CT molecular complexity index is 702. The zero-order chi connectivity index (χ0) is 16.4. The molecular weight excluding hydrogens is 310 g/mol. The summed E-state index contributed by atoms with van der Waals surface area (Å²) in [6.07, 6.45) is 2.04. The van der Waals surface area contributed by atoms with Gasteiger partial charge >= 0.3 is 0 Å². The first-order chi connectivity index (χ1) is 11.0. The molecule has 0 saturated carbocycles. The molecule has 1 aliphatic heterocycles. The van der Waals surface area contributed by atoms with Crippen LogP contribution >= 0.6 is 11.6 Å². The number of amides is 1. The largest absolute Gasteiger partial charge is 0.339 e. The number of nitrogens with zero attached hydrogens (tertiary/aromatic N) is 3. The van der Waals surface area contributed by atoms with Crippen molar-refractivity contribution in [3.63, 3.8) is 0 Å². The molecule has 1 aromatic heterocycles. The molecule has 1 aliphatic rings. The van der Waals surface area contributed by atoms with Gasteiger partial charge in [0.2, 0.25) is 0 Å². The number of likely N-dealkylation sites (tertiary alicyclic amines) is 1. The van der Waals surface area contributed by atoms with Crippen LogP contribution in [0.25, 0.3) is 0 Å². The van der Waals surface area contributed by atoms with Gasteiger partial charge in [0.05, 0.1) is 5.69 Å². The SMILES string of the molecule is Cc1cc(C)n(CC2CCN(C(=O)c3cccc(Cl)c3)CC2)n1. The molecule has 0 bridgehead atoms. The number of hydrogen-bond donors (Lipinski definition) is 0. The number of hydrogen-bond acceptors (Lipinski definition) is 2. The number of aromatic nitrogens is 2. The third kappa shape index (κ3) is 3.75. The van der Waals surface area contributed by atoms with Crippen molar-refractivity contribution in [3.8, 4) is 0 Å². The molecule has 0 aliphatic carbocycles. The number of halogens is 1. The van der Waals surface area contributed by atoms with Crippen molar-refractivity contribution in [2.45, 2.75) is 33.2 Å². The van der Waals surface area contributed by atoms with Gasteiger partial charge in [-0.15, -0.1) is 0 Å². The second kappa shape index (κ2) is 6.75. The average molecular weight is 332 g/mol. The Hall–Kier alpha value is -1.81. The monoisotopic (exact) mass is 331 g/mol. The Kier molecular flexibility index (Phi) is 4.71. The molecule has 4 nitrogen and oxygen atoms in total. The molecule has 0 radical (unpaired) electrons. The third-order valence-corrected chi connectivity index (χ3v) is 4.74. The number of aryl methyl sites for hydroxylation is 2. The van der Waals surface area contributed by atoms with E-state index in [0.29, 0.717) is 16.5 Å². The Balaban J connectivity index is 1.58. The second-order valence-electron chi connectivity index (χ2n) is 6.36. The lowest BCUT2D eigenvalue weighted by molar-refractivity contribution is 0.0681. The zero-order valence-electron chi connectivity index (χ0n) is 13.6. The number of benzene rings is 1. The molecule has 2 aromatic rings. The van der Waals surface area contributed by atoms with E-state index in [1.165, 1.54) is 5.69 Å². The highest BCUT2D eigenvalue weighted by molar-refractivity contribution is 6.30. The topological polar surface area (TPSA) is 38.1 Å². The minimum Gasteiger partial charge on any atom is -0.339 e. The van der Waals surface area contributed by atoms with E-state index in [9.17, 15) is 4.79 Å². The van der Waals surface area contributed by atoms with Crippen LogP contribution in [-0.2, 0) is 6.54 Å². The molecular formula is C18H22ClN3O. The number of carbonyl (C=O) groups is 1. The molecule has 23 heavy (non-hydrogen) atoms. The lowest BCUT2D eigenvalue weighted by Gasteiger charge is -2.32. The maximum Gasteiger partial charge on any atom is 0.253 e. The zero-order valence-corrected chi connectivity index (χ0v) is 14.4. The van der Waals surface area contributed by atoms with Gasteiger partial charge in [0.15, 0.2) is 0 Å². The fraction of sp³-hybridized carbons (Fsp3) is 0.444. The van der Waals surface area contributed by atoms with E-state index < -0.39 is 0 Å². The van der Waals surface area contributed by atoms with Crippen molar-refractivity contribution < 1.29 is 4.79 Å². The van der Waals surface area contributed by atoms with Crippen LogP contribution in [0, 0.1) is 19.8 Å². The molecule has 0 spiro atoms. The molecule has 0 N–H and O–H groups in total. The third-order valence-electron chi connectivity index (χ3n) is 4.51. The quantitative estimate of drug-likeness (QED) is 0.860. The van der Waals surface area contributed by atoms with Gasteiger partial charge in [-0.05, 0) is 56.9 Å². The first-order valence-electron chi connectivity index (χ1n) is 8.09. The minimum absolute atomic E-state index is 0.0806. The van der Waals surface area contributed by atoms with E-state index in [4.69, 9.17) is 11.6 Å². The predicted octanol–water partition coefficient (Wildman–Crippen LogP) is 3.71. The van der Waals surface area contributed by atoms with Crippen molar-refractivity contribution in [1.29, 1.82) is 0 Å². The number of carbonyl (C=O) groups excluding carboxylic acids is 1. The summed E-state index contributed by atoms with van der Waals surface area (Å²) in [5.41, 5.74) is 2.95. The first kappa shape index (κ1) is 16.1. The molecule has 1 aromatic carbocycles. The van der Waals surface area contributed by atoms with Crippen LogP contribution in [0.5, 0.6) is 0 Å². The minimum atomic E-state index is 0.0806. The van der Waals surface area contributed by atoms with Gasteiger partial charge < -0.3 is 4.90 Å². The molecule has 5 heteroatoms. The lowest BCUT2D eigenvalue weighted by Crippen LogP contribution is -2.39. The van der Waals surface area contributed by atoms with Crippen LogP contribution in [0.3, 0.4) is 0 Å². The maximum absolute atomic E-state index is 12.5. The summed E-state index contributed by atoms with van der Waals surface area (Å²) in [7, 11) is 0. The first-order valence-corrected chi connectivity index (χ1v) is 8.46. The Labute approximate surface area is 142 Å². The summed E-state index contributed by atoms with van der Waals surface area (Å²) in [6.45, 7) is 6.66. The van der Waals surface area contributed by atoms with Gasteiger partial charge in [-0.2, -0.15) is 5.10 Å². The summed E-state index contributed by atoms with van der Waals surface area (Å²) < 4.78 is 2.09. The molecule has 1 fully saturated rings. The van der Waals surface area contributed by atoms with Crippen molar-refractivity contribution in [2.24, 2.45) is 5.92 Å². The lowest BCUT2D eigenvalue weighted by atomic mass is 9.96. The van der Waals surface area contributed by atoms with Crippen molar-refractivity contribution in [2.75, 3.05) is 13.1 Å². The number of rotatable bonds is 3. The fourth-order valence-electron chi connectivity index (χ4n) is 3.23. The molecule has 1 saturated heterocycles. The second-order valence-corrected chi connectivity index (χ2v) is 6.79. The number of piperidine rings is 1. The predicted molar refractivity (Wildman–Crippen MR) is 91.8 cm³/mol. The van der Waals surface area contributed by atoms with Crippen LogP contribution in [0.2, 0.25) is 5.02 Å². The summed E-state index contributed by atoms with van der Waals surface area (Å²) in [4.78, 5) is 14.5. The smallest absolute Gasteiger partial charge is 0.253 e. The molecule has 2 heterocycles. The summed E-state index contributed by atoms with van der Waals surface area (Å²) in [5, 5.41) is 5.14. The van der Waals surface area contributed by atoms with Crippen LogP contribution < -0.4 is 0 Å². The molecule has 3 rings (SSSR count). The van der Waals surface area contributed by atoms with Gasteiger partial charge in [0, 0.05) is 35.9 Å². The van der Waals surface area contributed by atoms with Gasteiger partial charge in [-0.25, -0.2) is 0 Å². The Morgan fingerprint density at radius 3 is 2.61 bits per heavy atom. The summed E-state index contributed by atoms with van der Waals surface area (Å²) >= 11 is 5.98. The van der Waals surface area contributed by atoms with E-state index in [-0.39, 0.29) is 5.91 Å². The molecule has 122 valence electrons. The van der Waals surface area contributed by atoms with Gasteiger partial charge in [-0.1, -0.05) is 17.7 Å². The highest BCUT2D eigenvalue weighted by atomic mass is 35.5. The van der Waals surface area contributed by atoms with Gasteiger partial charge in [0.25, 0.3) is 5.91 Å². The van der Waals surface area contributed by atoms with E-state index in [2.05, 4.69) is 22.8 Å². The van der Waals surface area contributed by atoms with E-state index >= 15 is 0 Å². The van der Waals surface area contributed by atoms with E-state index in [1.807, 2.05) is 24.0 Å². The molecule has 0 atom stereocenters. The van der Waals surface area contributed by atoms with Crippen LogP contribution in [0.1, 0.15) is 34.6 Å². The van der Waals surface area contributed by atoms with Gasteiger partial charge in [-0.3, -0.25) is 9.48 Å². The van der Waals surface area contributed by atoms with Crippen molar-refractivity contribution in [1.82, 2.24) is 14.7 Å². The average Bonchev–Trinajstić information content (AvgIpc) is 2.85. The highest BCUT2D eigenvalue weighted by Gasteiger charge is 2.24. The van der Waals surface area contributed by atoms with Crippen LogP contribution in [-0.4, -0.2) is 33.7 Å². The van der Waals surface area contributed by atoms with E-state index in [0.717, 1.165) is 38.2 Å². The maximum atomic E-state index is 12.5. The molecule has 0 unspecified atom stereocenters. The van der Waals surface area contributed by atoms with Gasteiger partial charge in [0.1, 0.15) is 0 Å². The van der Waals surface area contributed by atoms with Crippen LogP contribution in [0.15, 0.2) is 30.3 Å². The standard InChI is InChI=1S/C18H22ClN3O/c1-13-10-14(2)22(20-13)12-15-6-8-21(9-7-15)18(23)16-4-3-5-17(19)11-16/h3-5,10-11,15H,6-9,12H2,1-2H3. The normalized spacial score (nSPS) is 15.9. The summed E-state index contributed by atoms with van der Waals surface area (Å²) in [6, 6.07) is 9.30. The fourth-order valence-corrected chi connectivity index (χ4v) is 3.42. The molecule has 1 amide bonds. The van der Waals surface area contributed by atoms with Crippen molar-refractivity contribution >= 4 is 17.5 Å². The summed E-state index contributed by atoms with van der Waals surface area (Å²) in [5.74, 6) is 0.661.